The lowest BCUT2D eigenvalue weighted by Gasteiger charge is -2.36. The van der Waals surface area contributed by atoms with Crippen LogP contribution in [0.15, 0.2) is 48.5 Å². The molecule has 1 fully saturated rings. The third-order valence-corrected chi connectivity index (χ3v) is 4.03. The summed E-state index contributed by atoms with van der Waals surface area (Å²) in [5, 5.41) is 2.93. The number of benzene rings is 2. The minimum Gasteiger partial charge on any atom is -0.368 e. The molecular weight excluding hydrogens is 293 g/mol. The lowest BCUT2D eigenvalue weighted by Crippen LogP contribution is -2.50. The van der Waals surface area contributed by atoms with Gasteiger partial charge in [0.05, 0.1) is 0 Å². The average Bonchev–Trinajstić information content (AvgIpc) is 2.56. The van der Waals surface area contributed by atoms with Crippen LogP contribution in [0.4, 0.5) is 20.6 Å². The van der Waals surface area contributed by atoms with Crippen molar-refractivity contribution in [3.63, 3.8) is 0 Å². The van der Waals surface area contributed by atoms with Crippen LogP contribution < -0.4 is 10.2 Å². The van der Waals surface area contributed by atoms with Crippen LogP contribution >= 0.6 is 0 Å². The number of amides is 2. The monoisotopic (exact) mass is 313 g/mol. The van der Waals surface area contributed by atoms with Gasteiger partial charge in [0, 0.05) is 37.6 Å². The summed E-state index contributed by atoms with van der Waals surface area (Å²) in [5.41, 5.74) is 2.92. The number of rotatable bonds is 2. The van der Waals surface area contributed by atoms with Crippen LogP contribution in [-0.2, 0) is 0 Å². The highest BCUT2D eigenvalue weighted by Gasteiger charge is 2.21. The zero-order valence-electron chi connectivity index (χ0n) is 13.1. The zero-order valence-corrected chi connectivity index (χ0v) is 13.1. The van der Waals surface area contributed by atoms with Crippen molar-refractivity contribution in [2.24, 2.45) is 0 Å². The van der Waals surface area contributed by atoms with Crippen molar-refractivity contribution in [1.82, 2.24) is 4.90 Å². The molecule has 0 radical (unpaired) electrons. The van der Waals surface area contributed by atoms with Crippen molar-refractivity contribution in [3.8, 4) is 0 Å². The number of nitrogens with one attached hydrogen (secondary N) is 1. The van der Waals surface area contributed by atoms with E-state index in [1.54, 1.807) is 12.1 Å². The lowest BCUT2D eigenvalue weighted by atomic mass is 10.2. The van der Waals surface area contributed by atoms with Gasteiger partial charge < -0.3 is 15.1 Å². The molecule has 5 heteroatoms. The molecule has 0 saturated carbocycles. The largest absolute Gasteiger partial charge is 0.368 e. The second-order valence-corrected chi connectivity index (χ2v) is 5.75. The van der Waals surface area contributed by atoms with E-state index in [1.165, 1.54) is 12.1 Å². The number of halogens is 1. The van der Waals surface area contributed by atoms with Gasteiger partial charge in [-0.05, 0) is 48.9 Å². The molecule has 0 unspecified atom stereocenters. The molecule has 2 aromatic rings. The van der Waals surface area contributed by atoms with Crippen molar-refractivity contribution < 1.29 is 9.18 Å². The molecule has 23 heavy (non-hydrogen) atoms. The van der Waals surface area contributed by atoms with Gasteiger partial charge in [-0.2, -0.15) is 0 Å². The van der Waals surface area contributed by atoms with Crippen molar-refractivity contribution in [3.05, 3.63) is 59.9 Å². The smallest absolute Gasteiger partial charge is 0.321 e. The van der Waals surface area contributed by atoms with Gasteiger partial charge in [-0.1, -0.05) is 12.1 Å². The van der Waals surface area contributed by atoms with Crippen LogP contribution in [0.3, 0.4) is 0 Å². The van der Waals surface area contributed by atoms with E-state index in [4.69, 9.17) is 0 Å². The Morgan fingerprint density at radius 1 is 1.04 bits per heavy atom. The highest BCUT2D eigenvalue weighted by molar-refractivity contribution is 5.89. The van der Waals surface area contributed by atoms with Crippen LogP contribution in [0.5, 0.6) is 0 Å². The van der Waals surface area contributed by atoms with Crippen molar-refractivity contribution in [2.75, 3.05) is 36.4 Å². The van der Waals surface area contributed by atoms with E-state index < -0.39 is 0 Å². The second kappa shape index (κ2) is 6.69. The molecule has 1 aliphatic rings. The maximum atomic E-state index is 13.0. The quantitative estimate of drug-likeness (QED) is 0.921. The second-order valence-electron chi connectivity index (χ2n) is 5.75. The standard InChI is InChI=1S/C18H20FN3O/c1-14-3-2-4-16(13-14)20-18(23)22-11-9-21(10-12-22)17-7-5-15(19)6-8-17/h2-8,13H,9-12H2,1H3,(H,20,23). The predicted octanol–water partition coefficient (Wildman–Crippen LogP) is 3.49. The van der Waals surface area contributed by atoms with Gasteiger partial charge in [-0.15, -0.1) is 0 Å². The molecule has 4 nitrogen and oxygen atoms in total. The van der Waals surface area contributed by atoms with Crippen molar-refractivity contribution in [2.45, 2.75) is 6.92 Å². The number of carbonyl (C=O) groups excluding carboxylic acids is 1. The number of aryl methyl sites for hydroxylation is 1. The fourth-order valence-corrected chi connectivity index (χ4v) is 2.74. The summed E-state index contributed by atoms with van der Waals surface area (Å²) in [4.78, 5) is 16.3. The Balaban J connectivity index is 1.56. The van der Waals surface area contributed by atoms with E-state index in [-0.39, 0.29) is 11.8 Å². The van der Waals surface area contributed by atoms with Crippen LogP contribution in [0, 0.1) is 12.7 Å². The van der Waals surface area contributed by atoms with Gasteiger partial charge in [-0.3, -0.25) is 0 Å². The molecule has 1 aliphatic heterocycles. The molecule has 1 heterocycles. The third-order valence-electron chi connectivity index (χ3n) is 4.03. The van der Waals surface area contributed by atoms with Gasteiger partial charge in [0.25, 0.3) is 0 Å². The Morgan fingerprint density at radius 2 is 1.74 bits per heavy atom. The van der Waals surface area contributed by atoms with Gasteiger partial charge >= 0.3 is 6.03 Å². The molecule has 2 amide bonds. The van der Waals surface area contributed by atoms with E-state index in [0.29, 0.717) is 13.1 Å². The highest BCUT2D eigenvalue weighted by atomic mass is 19.1. The molecule has 3 rings (SSSR count). The molecule has 0 aliphatic carbocycles. The fourth-order valence-electron chi connectivity index (χ4n) is 2.74. The average molecular weight is 313 g/mol. The molecule has 120 valence electrons. The molecule has 1 N–H and O–H groups in total. The summed E-state index contributed by atoms with van der Waals surface area (Å²) in [6.45, 7) is 4.78. The first kappa shape index (κ1) is 15.3. The van der Waals surface area contributed by atoms with Gasteiger partial charge in [0.15, 0.2) is 0 Å². The first-order valence-electron chi connectivity index (χ1n) is 7.75. The minimum absolute atomic E-state index is 0.0747. The summed E-state index contributed by atoms with van der Waals surface area (Å²) in [7, 11) is 0. The van der Waals surface area contributed by atoms with Crippen molar-refractivity contribution in [1.29, 1.82) is 0 Å². The first-order valence-corrected chi connectivity index (χ1v) is 7.75. The Morgan fingerprint density at radius 3 is 2.39 bits per heavy atom. The van der Waals surface area contributed by atoms with Crippen LogP contribution in [0.1, 0.15) is 5.56 Å². The highest BCUT2D eigenvalue weighted by Crippen LogP contribution is 2.17. The maximum Gasteiger partial charge on any atom is 0.321 e. The molecule has 0 aromatic heterocycles. The molecular formula is C18H20FN3O. The third kappa shape index (κ3) is 3.80. The predicted molar refractivity (Wildman–Crippen MR) is 90.4 cm³/mol. The molecule has 0 spiro atoms. The molecule has 2 aromatic carbocycles. The van der Waals surface area contributed by atoms with Crippen LogP contribution in [-0.4, -0.2) is 37.1 Å². The van der Waals surface area contributed by atoms with Crippen LogP contribution in [0.2, 0.25) is 0 Å². The number of anilines is 2. The number of nitrogens with zero attached hydrogens (tertiary/aromatic N) is 2. The Hall–Kier alpha value is -2.56. The lowest BCUT2D eigenvalue weighted by molar-refractivity contribution is 0.208. The Kier molecular flexibility index (Phi) is 4.46. The summed E-state index contributed by atoms with van der Waals surface area (Å²) in [6, 6.07) is 14.2. The summed E-state index contributed by atoms with van der Waals surface area (Å²) >= 11 is 0. The number of urea groups is 1. The van der Waals surface area contributed by atoms with E-state index in [0.717, 1.165) is 30.0 Å². The van der Waals surface area contributed by atoms with Gasteiger partial charge in [0.1, 0.15) is 5.82 Å². The maximum absolute atomic E-state index is 13.0. The van der Waals surface area contributed by atoms with E-state index in [9.17, 15) is 9.18 Å². The fraction of sp³-hybridized carbons (Fsp3) is 0.278. The van der Waals surface area contributed by atoms with Gasteiger partial charge in [0.2, 0.25) is 0 Å². The topological polar surface area (TPSA) is 35.6 Å². The van der Waals surface area contributed by atoms with E-state index in [2.05, 4.69) is 10.2 Å². The number of hydrogen-bond acceptors (Lipinski definition) is 2. The van der Waals surface area contributed by atoms with E-state index >= 15 is 0 Å². The molecule has 0 bridgehead atoms. The summed E-state index contributed by atoms with van der Waals surface area (Å²) < 4.78 is 13.0. The number of piperazine rings is 1. The summed E-state index contributed by atoms with van der Waals surface area (Å²) in [6.07, 6.45) is 0. The van der Waals surface area contributed by atoms with Gasteiger partial charge in [-0.25, -0.2) is 9.18 Å². The number of hydrogen-bond donors (Lipinski definition) is 1. The minimum atomic E-state index is -0.232. The normalized spacial score (nSPS) is 14.7. The zero-order chi connectivity index (χ0) is 16.2. The summed E-state index contributed by atoms with van der Waals surface area (Å²) in [5.74, 6) is -0.232. The Bertz CT molecular complexity index is 679. The molecule has 0 atom stereocenters. The van der Waals surface area contributed by atoms with E-state index in [1.807, 2.05) is 36.1 Å². The SMILES string of the molecule is Cc1cccc(NC(=O)N2CCN(c3ccc(F)cc3)CC2)c1. The molecule has 1 saturated heterocycles. The van der Waals surface area contributed by atoms with Crippen molar-refractivity contribution >= 4 is 17.4 Å². The van der Waals surface area contributed by atoms with Crippen LogP contribution in [0.25, 0.3) is 0 Å². The Labute approximate surface area is 135 Å². The number of carbonyl (C=O) groups is 1. The first-order chi connectivity index (χ1) is 11.1.